The third kappa shape index (κ3) is 30.8. The Morgan fingerprint density at radius 1 is 0.475 bits per heavy atom. The number of carbonyl (C=O) groups excluding carboxylic acids is 6. The number of amides is 6. The van der Waals surface area contributed by atoms with Crippen molar-refractivity contribution in [1.82, 2.24) is 31.9 Å². The number of amidine groups is 1. The second kappa shape index (κ2) is 45.4. The average Bonchev–Trinajstić information content (AvgIpc) is 0.824. The first kappa shape index (κ1) is 81.4. The van der Waals surface area contributed by atoms with Crippen LogP contribution in [-0.4, -0.2) is 112 Å². The van der Waals surface area contributed by atoms with E-state index in [1.165, 1.54) is 0 Å². The number of carboxylic acids is 1. The van der Waals surface area contributed by atoms with Gasteiger partial charge in [-0.25, -0.2) is 4.79 Å². The standard InChI is InChI=1S/C33H36N4O4.C27H32ClN5O2.C14H21NO.C7H14O2/c1-37(2)29-18-17-26-20-28(16-15-27(26)21-29)31(38)36-30(32(39)35-22-24-10-5-3-6-11-24)14-9-19-34-33(40)41-23-25-12-7-4-8-13-25;1-33(2)23-13-12-20-15-22(11-10-21(20)16-23)26(34)32-24(9-6-14-30-25(29)17-28)27(35)31-18-19-7-4-3-5-8-19;1-3-4-8-12(2)14(16)15-11-13-9-6-5-7-10-13;1-3-4-5-6(2)7(8)9/h3-8,10-13,15-18,20-21,30H,9,14,19,22-23H2,1-2H3,(H,34,40)(H,35,39)(H,36,38);3-5,7-8,10-13,15-16,24H,6,9,14,17-18H2,1-2H3,(H2,29,30)(H,31,35)(H,32,34);5-7,9-10,12H,3-4,8,11H2,1-2H3,(H,15,16);6H,3-5H2,1-2H3,(H,8,9)/t30-;24-;12-;6-/m0000/s1. The molecule has 8 aromatic carbocycles. The minimum atomic E-state index is -0.778. The highest BCUT2D eigenvalue weighted by atomic mass is 35.5. The van der Waals surface area contributed by atoms with Crippen LogP contribution in [-0.2, 0) is 50.2 Å². The molecule has 0 spiro atoms. The summed E-state index contributed by atoms with van der Waals surface area (Å²) < 4.78 is 5.25. The lowest BCUT2D eigenvalue weighted by atomic mass is 10.0. The number of hydrogen-bond acceptors (Lipinski definition) is 11. The van der Waals surface area contributed by atoms with Gasteiger partial charge in [0.15, 0.2) is 0 Å². The fraction of sp³-hybridized carbons (Fsp3) is 0.358. The Bertz CT molecular complexity index is 3860. The Morgan fingerprint density at radius 2 is 0.861 bits per heavy atom. The number of halogens is 1. The van der Waals surface area contributed by atoms with E-state index < -0.39 is 24.1 Å². The van der Waals surface area contributed by atoms with Crippen molar-refractivity contribution in [1.29, 1.82) is 0 Å². The number of carboxylic acid groups (broad SMARTS) is 1. The summed E-state index contributed by atoms with van der Waals surface area (Å²) in [6.45, 7) is 10.2. The van der Waals surface area contributed by atoms with Gasteiger partial charge in [-0.3, -0.25) is 33.8 Å². The molecule has 0 aliphatic heterocycles. The molecular formula is C81H103ClN10O9. The minimum absolute atomic E-state index is 0.128. The Labute approximate surface area is 601 Å². The van der Waals surface area contributed by atoms with Crippen molar-refractivity contribution in [3.8, 4) is 0 Å². The summed E-state index contributed by atoms with van der Waals surface area (Å²) in [7, 11) is 7.94. The Morgan fingerprint density at radius 3 is 1.27 bits per heavy atom. The van der Waals surface area contributed by atoms with Crippen LogP contribution in [0.3, 0.4) is 0 Å². The number of hydrogen-bond donors (Lipinski definition) is 8. The van der Waals surface area contributed by atoms with Gasteiger partial charge in [-0.1, -0.05) is 199 Å². The number of benzene rings is 8. The number of fused-ring (bicyclic) bond motifs is 2. The van der Waals surface area contributed by atoms with E-state index >= 15 is 0 Å². The Balaban J connectivity index is 0.000000275. The maximum Gasteiger partial charge on any atom is 0.407 e. The van der Waals surface area contributed by atoms with E-state index in [0.717, 1.165) is 93.7 Å². The predicted molar refractivity (Wildman–Crippen MR) is 409 cm³/mol. The van der Waals surface area contributed by atoms with Gasteiger partial charge in [0.25, 0.3) is 11.8 Å². The van der Waals surface area contributed by atoms with Gasteiger partial charge in [0.1, 0.15) is 24.5 Å². The summed E-state index contributed by atoms with van der Waals surface area (Å²) in [5.41, 5.74) is 12.8. The monoisotopic (exact) mass is 1390 g/mol. The molecule has 0 unspecified atom stereocenters. The van der Waals surface area contributed by atoms with Crippen LogP contribution in [0.4, 0.5) is 16.2 Å². The predicted octanol–water partition coefficient (Wildman–Crippen LogP) is 13.8. The highest BCUT2D eigenvalue weighted by molar-refractivity contribution is 6.28. The van der Waals surface area contributed by atoms with E-state index in [1.807, 2.05) is 215 Å². The van der Waals surface area contributed by atoms with Crippen molar-refractivity contribution >= 4 is 92.0 Å². The molecule has 0 heterocycles. The van der Waals surface area contributed by atoms with E-state index in [4.69, 9.17) is 27.2 Å². The molecule has 4 atom stereocenters. The number of ether oxygens (including phenoxy) is 1. The van der Waals surface area contributed by atoms with Gasteiger partial charge < -0.3 is 57.3 Å². The zero-order chi connectivity index (χ0) is 73.3. The molecule has 0 aromatic heterocycles. The van der Waals surface area contributed by atoms with Gasteiger partial charge >= 0.3 is 12.1 Å². The van der Waals surface area contributed by atoms with E-state index in [0.29, 0.717) is 75.4 Å². The summed E-state index contributed by atoms with van der Waals surface area (Å²) in [5.74, 6) is -1.19. The molecule has 0 saturated heterocycles. The molecule has 19 nitrogen and oxygen atoms in total. The highest BCUT2D eigenvalue weighted by Crippen LogP contribution is 2.24. The lowest BCUT2D eigenvalue weighted by molar-refractivity contribution is -0.141. The number of nitrogens with two attached hydrogens (primary N) is 1. The van der Waals surface area contributed by atoms with Gasteiger partial charge in [0.2, 0.25) is 17.7 Å². The van der Waals surface area contributed by atoms with Crippen LogP contribution in [0.25, 0.3) is 21.5 Å². The fourth-order valence-corrected chi connectivity index (χ4v) is 10.3. The number of rotatable bonds is 33. The van der Waals surface area contributed by atoms with Crippen molar-refractivity contribution < 1.29 is 43.4 Å². The van der Waals surface area contributed by atoms with Crippen molar-refractivity contribution in [2.24, 2.45) is 22.6 Å². The zero-order valence-corrected chi connectivity index (χ0v) is 60.6. The maximum absolute atomic E-state index is 13.2. The number of unbranched alkanes of at least 4 members (excludes halogenated alkanes) is 2. The van der Waals surface area contributed by atoms with Gasteiger partial charge in [0.05, 0.1) is 11.8 Å². The molecule has 0 saturated carbocycles. The van der Waals surface area contributed by atoms with E-state index in [1.54, 1.807) is 19.1 Å². The molecule has 101 heavy (non-hydrogen) atoms. The Kier molecular flexibility index (Phi) is 36.6. The van der Waals surface area contributed by atoms with Crippen molar-refractivity contribution in [3.05, 3.63) is 228 Å². The largest absolute Gasteiger partial charge is 0.481 e. The first-order valence-electron chi connectivity index (χ1n) is 34.7. The van der Waals surface area contributed by atoms with E-state index in [-0.39, 0.29) is 53.9 Å². The maximum atomic E-state index is 13.2. The quantitative estimate of drug-likeness (QED) is 0.00826. The first-order valence-corrected chi connectivity index (χ1v) is 35.2. The summed E-state index contributed by atoms with van der Waals surface area (Å²) in [5, 5.41) is 29.7. The van der Waals surface area contributed by atoms with Gasteiger partial charge in [0, 0.05) is 89.3 Å². The van der Waals surface area contributed by atoms with Crippen molar-refractivity contribution in [3.63, 3.8) is 0 Å². The Hall–Kier alpha value is -10.3. The van der Waals surface area contributed by atoms with Crippen LogP contribution in [0.5, 0.6) is 0 Å². The molecule has 0 aliphatic rings. The summed E-state index contributed by atoms with van der Waals surface area (Å²) in [6, 6.07) is 60.3. The average molecular weight is 1400 g/mol. The van der Waals surface area contributed by atoms with Crippen LogP contribution in [0.1, 0.15) is 135 Å². The lowest BCUT2D eigenvalue weighted by Crippen LogP contribution is -2.46. The second-order valence-corrected chi connectivity index (χ2v) is 25.4. The molecule has 0 aliphatic carbocycles. The topological polar surface area (TPSA) is 266 Å². The number of carbonyl (C=O) groups is 7. The van der Waals surface area contributed by atoms with Gasteiger partial charge in [-0.05, 0) is 131 Å². The van der Waals surface area contributed by atoms with Crippen LogP contribution < -0.4 is 47.4 Å². The molecular weight excluding hydrogens is 1290 g/mol. The van der Waals surface area contributed by atoms with Crippen LogP contribution in [0, 0.1) is 11.8 Å². The number of nitrogens with zero attached hydrogens (tertiary/aromatic N) is 3. The third-order valence-corrected chi connectivity index (χ3v) is 16.8. The van der Waals surface area contributed by atoms with Crippen LogP contribution >= 0.6 is 11.6 Å². The third-order valence-electron chi connectivity index (χ3n) is 16.5. The summed E-state index contributed by atoms with van der Waals surface area (Å²) in [6.07, 6.45) is 7.44. The van der Waals surface area contributed by atoms with E-state index in [9.17, 15) is 33.6 Å². The van der Waals surface area contributed by atoms with Crippen LogP contribution in [0.15, 0.2) is 199 Å². The molecule has 9 N–H and O–H groups in total. The molecule has 0 radical (unpaired) electrons. The second-order valence-electron chi connectivity index (χ2n) is 25.1. The smallest absolute Gasteiger partial charge is 0.407 e. The van der Waals surface area contributed by atoms with Crippen molar-refractivity contribution in [2.75, 3.05) is 57.0 Å². The number of aliphatic imine (C=N–C) groups is 1. The number of alkyl halides is 1. The summed E-state index contributed by atoms with van der Waals surface area (Å²) in [4.78, 5) is 94.7. The summed E-state index contributed by atoms with van der Waals surface area (Å²) >= 11 is 5.67. The fourth-order valence-electron chi connectivity index (χ4n) is 10.2. The van der Waals surface area contributed by atoms with Crippen molar-refractivity contribution in [2.45, 2.75) is 130 Å². The number of nitrogens with one attached hydrogen (secondary N) is 6. The molecule has 8 aromatic rings. The van der Waals surface area contributed by atoms with E-state index in [2.05, 4.69) is 62.9 Å². The molecule has 0 bridgehead atoms. The molecule has 8 rings (SSSR count). The molecule has 538 valence electrons. The highest BCUT2D eigenvalue weighted by Gasteiger charge is 2.24. The SMILES string of the molecule is CCCC[C@H](C)C(=O)NCc1ccccc1.CCCC[C@H](C)C(=O)O.CN(C)c1ccc2cc(C(=O)N[C@@H](CCCN=C(N)CCl)C(=O)NCc3ccccc3)ccc2c1.CN(C)c1ccc2cc(C(=O)N[C@@H](CCCNC(=O)OCc3ccccc3)C(=O)NCc3ccccc3)ccc2c1. The first-order chi connectivity index (χ1) is 48.7. The molecule has 6 amide bonds. The molecule has 0 fully saturated rings. The van der Waals surface area contributed by atoms with Gasteiger partial charge in [-0.15, -0.1) is 11.6 Å². The molecule has 20 heteroatoms. The number of anilines is 2. The normalized spacial score (nSPS) is 12.0. The zero-order valence-electron chi connectivity index (χ0n) is 59.8. The minimum Gasteiger partial charge on any atom is -0.481 e. The number of alkyl carbamates (subject to hydrolysis) is 1. The lowest BCUT2D eigenvalue weighted by Gasteiger charge is -2.19. The van der Waals surface area contributed by atoms with Crippen LogP contribution in [0.2, 0.25) is 0 Å². The van der Waals surface area contributed by atoms with Gasteiger partial charge in [-0.2, -0.15) is 0 Å². The number of aliphatic carboxylic acids is 1.